The molecule has 0 aliphatic carbocycles. The summed E-state index contributed by atoms with van der Waals surface area (Å²) < 4.78 is 20.7. The molecule has 182 valence electrons. The second-order valence-corrected chi connectivity index (χ2v) is 10.4. The SMILES string of the molecule is COc1ccccc1[C@H](Cn1c(=O)n(CC(N)=O)c(=O)c2c(C)c(Br)sc21)OC1CCOCC1. The molecule has 3 heterocycles. The van der Waals surface area contributed by atoms with Crippen LogP contribution in [0.2, 0.25) is 0 Å². The molecule has 1 amide bonds. The van der Waals surface area contributed by atoms with Gasteiger partial charge in [-0.3, -0.25) is 18.7 Å². The molecule has 34 heavy (non-hydrogen) atoms. The zero-order valence-electron chi connectivity index (χ0n) is 18.9. The Balaban J connectivity index is 1.88. The first-order chi connectivity index (χ1) is 16.3. The minimum absolute atomic E-state index is 0.0526. The van der Waals surface area contributed by atoms with Crippen LogP contribution in [0.5, 0.6) is 5.75 Å². The third-order valence-electron chi connectivity index (χ3n) is 5.91. The van der Waals surface area contributed by atoms with E-state index in [2.05, 4.69) is 15.9 Å². The maximum atomic E-state index is 13.5. The van der Waals surface area contributed by atoms with Gasteiger partial charge in [0.05, 0.1) is 28.9 Å². The van der Waals surface area contributed by atoms with E-state index in [4.69, 9.17) is 19.9 Å². The fraction of sp³-hybridized carbons (Fsp3) is 0.435. The van der Waals surface area contributed by atoms with E-state index in [-0.39, 0.29) is 12.6 Å². The van der Waals surface area contributed by atoms with Crippen LogP contribution in [0.3, 0.4) is 0 Å². The van der Waals surface area contributed by atoms with Crippen LogP contribution in [0.4, 0.5) is 0 Å². The number of benzene rings is 1. The number of aryl methyl sites for hydroxylation is 1. The molecule has 1 aliphatic rings. The maximum absolute atomic E-state index is 13.5. The monoisotopic (exact) mass is 551 g/mol. The first-order valence-corrected chi connectivity index (χ1v) is 12.5. The number of ether oxygens (including phenoxy) is 3. The second-order valence-electron chi connectivity index (χ2n) is 8.11. The Hall–Kier alpha value is -2.47. The van der Waals surface area contributed by atoms with Crippen molar-refractivity contribution in [1.82, 2.24) is 9.13 Å². The van der Waals surface area contributed by atoms with E-state index in [0.29, 0.717) is 34.7 Å². The molecule has 0 unspecified atom stereocenters. The van der Waals surface area contributed by atoms with Crippen LogP contribution in [0, 0.1) is 6.92 Å². The van der Waals surface area contributed by atoms with Crippen LogP contribution in [0.15, 0.2) is 37.6 Å². The van der Waals surface area contributed by atoms with Crippen molar-refractivity contribution in [2.45, 2.75) is 45.1 Å². The average molecular weight is 552 g/mol. The molecule has 1 atom stereocenters. The minimum atomic E-state index is -0.767. The van der Waals surface area contributed by atoms with Gasteiger partial charge in [0, 0.05) is 18.8 Å². The van der Waals surface area contributed by atoms with Gasteiger partial charge >= 0.3 is 5.69 Å². The van der Waals surface area contributed by atoms with Crippen LogP contribution in [0.1, 0.15) is 30.1 Å². The maximum Gasteiger partial charge on any atom is 0.332 e. The van der Waals surface area contributed by atoms with Crippen molar-refractivity contribution in [2.75, 3.05) is 20.3 Å². The lowest BCUT2D eigenvalue weighted by Crippen LogP contribution is -2.43. The summed E-state index contributed by atoms with van der Waals surface area (Å²) in [6.07, 6.45) is 0.880. The van der Waals surface area contributed by atoms with Gasteiger partial charge in [-0.2, -0.15) is 0 Å². The number of thiophene rings is 1. The molecule has 3 aromatic rings. The summed E-state index contributed by atoms with van der Waals surface area (Å²) in [5.74, 6) is -0.130. The van der Waals surface area contributed by atoms with Gasteiger partial charge in [0.25, 0.3) is 5.56 Å². The zero-order valence-corrected chi connectivity index (χ0v) is 21.3. The largest absolute Gasteiger partial charge is 0.496 e. The van der Waals surface area contributed by atoms with E-state index in [1.807, 2.05) is 24.3 Å². The molecule has 0 radical (unpaired) electrons. The van der Waals surface area contributed by atoms with Crippen molar-refractivity contribution in [2.24, 2.45) is 5.73 Å². The number of nitrogens with two attached hydrogens (primary N) is 1. The van der Waals surface area contributed by atoms with Gasteiger partial charge in [-0.15, -0.1) is 11.3 Å². The molecule has 1 aromatic carbocycles. The molecular weight excluding hydrogens is 526 g/mol. The zero-order chi connectivity index (χ0) is 24.4. The number of aromatic nitrogens is 2. The molecule has 1 aliphatic heterocycles. The van der Waals surface area contributed by atoms with Gasteiger partial charge < -0.3 is 19.9 Å². The van der Waals surface area contributed by atoms with Gasteiger partial charge in [-0.1, -0.05) is 18.2 Å². The molecule has 1 fully saturated rings. The molecule has 0 spiro atoms. The van der Waals surface area contributed by atoms with Crippen LogP contribution in [-0.4, -0.2) is 41.5 Å². The Labute approximate surface area is 208 Å². The quantitative estimate of drug-likeness (QED) is 0.460. The van der Waals surface area contributed by atoms with Crippen LogP contribution >= 0.6 is 27.3 Å². The molecule has 9 nitrogen and oxygen atoms in total. The number of methoxy groups -OCH3 is 1. The number of fused-ring (bicyclic) bond motifs is 1. The highest BCUT2D eigenvalue weighted by Crippen LogP contribution is 2.35. The van der Waals surface area contributed by atoms with Crippen molar-refractivity contribution in [3.05, 3.63) is 60.0 Å². The summed E-state index contributed by atoms with van der Waals surface area (Å²) >= 11 is 4.79. The summed E-state index contributed by atoms with van der Waals surface area (Å²) in [4.78, 5) is 38.7. The summed E-state index contributed by atoms with van der Waals surface area (Å²) in [6.45, 7) is 2.63. The normalized spacial score (nSPS) is 15.5. The highest BCUT2D eigenvalue weighted by atomic mass is 79.9. The Morgan fingerprint density at radius 2 is 1.97 bits per heavy atom. The molecule has 4 rings (SSSR count). The van der Waals surface area contributed by atoms with Crippen molar-refractivity contribution >= 4 is 43.4 Å². The minimum Gasteiger partial charge on any atom is -0.496 e. The van der Waals surface area contributed by atoms with Crippen LogP contribution in [-0.2, 0) is 27.4 Å². The Morgan fingerprint density at radius 1 is 1.26 bits per heavy atom. The lowest BCUT2D eigenvalue weighted by Gasteiger charge is -2.29. The van der Waals surface area contributed by atoms with Crippen LogP contribution < -0.4 is 21.7 Å². The number of carbonyl (C=O) groups is 1. The standard InChI is InChI=1S/C23H26BrN3O6S/c1-13-19-21(29)26(12-18(25)28)23(30)27(22(19)34-20(13)24)11-17(33-14-7-9-32-10-8-14)15-5-3-4-6-16(15)31-2/h3-6,14,17H,7-12H2,1-2H3,(H2,25,28)/t17-/m0/s1. The number of carbonyl (C=O) groups excluding carboxylic acids is 1. The highest BCUT2D eigenvalue weighted by molar-refractivity contribution is 9.11. The van der Waals surface area contributed by atoms with Gasteiger partial charge in [0.15, 0.2) is 0 Å². The van der Waals surface area contributed by atoms with E-state index >= 15 is 0 Å². The third kappa shape index (κ3) is 4.83. The van der Waals surface area contributed by atoms with E-state index < -0.39 is 29.8 Å². The summed E-state index contributed by atoms with van der Waals surface area (Å²) in [5.41, 5.74) is 5.70. The number of para-hydroxylation sites is 1. The van der Waals surface area contributed by atoms with E-state index in [1.165, 1.54) is 15.9 Å². The van der Waals surface area contributed by atoms with Crippen molar-refractivity contribution in [3.8, 4) is 5.75 Å². The smallest absolute Gasteiger partial charge is 0.332 e. The lowest BCUT2D eigenvalue weighted by molar-refractivity contribution is -0.118. The van der Waals surface area contributed by atoms with Gasteiger partial charge in [0.1, 0.15) is 23.2 Å². The molecule has 2 aromatic heterocycles. The number of halogens is 1. The first-order valence-electron chi connectivity index (χ1n) is 10.9. The average Bonchev–Trinajstić information content (AvgIpc) is 3.13. The second kappa shape index (κ2) is 10.4. The molecule has 0 saturated carbocycles. The van der Waals surface area contributed by atoms with Crippen LogP contribution in [0.25, 0.3) is 10.2 Å². The summed E-state index contributed by atoms with van der Waals surface area (Å²) in [5, 5.41) is 0.377. The van der Waals surface area contributed by atoms with E-state index in [1.54, 1.807) is 14.0 Å². The Kier molecular flexibility index (Phi) is 7.56. The number of hydrogen-bond acceptors (Lipinski definition) is 7. The Bertz CT molecular complexity index is 1320. The first kappa shape index (κ1) is 24.6. The fourth-order valence-electron chi connectivity index (χ4n) is 4.18. The molecular formula is C23H26BrN3O6S. The number of nitrogens with zero attached hydrogens (tertiary/aromatic N) is 2. The number of primary amides is 1. The van der Waals surface area contributed by atoms with Crippen molar-refractivity contribution in [1.29, 1.82) is 0 Å². The van der Waals surface area contributed by atoms with E-state index in [0.717, 1.165) is 26.8 Å². The lowest BCUT2D eigenvalue weighted by atomic mass is 10.1. The van der Waals surface area contributed by atoms with Crippen molar-refractivity contribution < 1.29 is 19.0 Å². The Morgan fingerprint density at radius 3 is 2.65 bits per heavy atom. The van der Waals surface area contributed by atoms with Crippen molar-refractivity contribution in [3.63, 3.8) is 0 Å². The number of amides is 1. The molecule has 0 bridgehead atoms. The van der Waals surface area contributed by atoms with Gasteiger partial charge in [-0.05, 0) is 47.3 Å². The summed E-state index contributed by atoms with van der Waals surface area (Å²) in [6, 6.07) is 7.50. The van der Waals surface area contributed by atoms with Gasteiger partial charge in [-0.25, -0.2) is 4.79 Å². The summed E-state index contributed by atoms with van der Waals surface area (Å²) in [7, 11) is 1.58. The molecule has 2 N–H and O–H groups in total. The molecule has 1 saturated heterocycles. The fourth-order valence-corrected chi connectivity index (χ4v) is 5.87. The topological polar surface area (TPSA) is 115 Å². The number of rotatable bonds is 8. The predicted molar refractivity (Wildman–Crippen MR) is 133 cm³/mol. The predicted octanol–water partition coefficient (Wildman–Crippen LogP) is 2.73. The number of hydrogen-bond donors (Lipinski definition) is 1. The third-order valence-corrected chi connectivity index (χ3v) is 8.09. The van der Waals surface area contributed by atoms with E-state index in [9.17, 15) is 14.4 Å². The molecule has 11 heteroatoms. The highest BCUT2D eigenvalue weighted by Gasteiger charge is 2.27. The van der Waals surface area contributed by atoms with Gasteiger partial charge in [0.2, 0.25) is 5.91 Å².